The zero-order valence-electron chi connectivity index (χ0n) is 20.0. The maximum absolute atomic E-state index is 5.69. The van der Waals surface area contributed by atoms with Gasteiger partial charge in [-0.15, -0.1) is 5.10 Å². The van der Waals surface area contributed by atoms with Crippen LogP contribution in [0.5, 0.6) is 5.75 Å². The van der Waals surface area contributed by atoms with E-state index in [4.69, 9.17) is 14.8 Å². The number of methoxy groups -OCH3 is 1. The molecule has 7 nitrogen and oxygen atoms in total. The van der Waals surface area contributed by atoms with Crippen LogP contribution in [0.3, 0.4) is 0 Å². The molecule has 3 aromatic rings. The molecule has 0 atom stereocenters. The molecule has 0 aliphatic carbocycles. The smallest absolute Gasteiger partial charge is 0.248 e. The average Bonchev–Trinajstić information content (AvgIpc) is 3.17. The maximum atomic E-state index is 5.69. The number of aryl methyl sites for hydroxylation is 1. The lowest BCUT2D eigenvalue weighted by molar-refractivity contribution is 0.288. The molecular formula is C25H34N6O. The summed E-state index contributed by atoms with van der Waals surface area (Å²) in [5.74, 6) is 2.33. The minimum atomic E-state index is 0.227. The van der Waals surface area contributed by atoms with Gasteiger partial charge >= 0.3 is 0 Å². The van der Waals surface area contributed by atoms with Gasteiger partial charge in [-0.25, -0.2) is 4.68 Å². The molecule has 0 radical (unpaired) electrons. The SMILES string of the molecule is COc1cc(Nc2nc(N3CCCC(C)(C)C3)n(C(C)C)n2)ccc1-c1ccnc(C)c1. The van der Waals surface area contributed by atoms with Crippen LogP contribution in [0.4, 0.5) is 17.6 Å². The Hall–Kier alpha value is -3.09. The summed E-state index contributed by atoms with van der Waals surface area (Å²) in [6.45, 7) is 12.9. The van der Waals surface area contributed by atoms with Gasteiger partial charge in [0.2, 0.25) is 11.9 Å². The summed E-state index contributed by atoms with van der Waals surface area (Å²) in [5.41, 5.74) is 4.26. The van der Waals surface area contributed by atoms with Gasteiger partial charge in [-0.1, -0.05) is 13.8 Å². The van der Waals surface area contributed by atoms with Crippen molar-refractivity contribution in [3.63, 3.8) is 0 Å². The van der Waals surface area contributed by atoms with Crippen molar-refractivity contribution in [2.45, 2.75) is 53.5 Å². The highest BCUT2D eigenvalue weighted by Crippen LogP contribution is 2.35. The fourth-order valence-corrected chi connectivity index (χ4v) is 4.37. The Labute approximate surface area is 190 Å². The van der Waals surface area contributed by atoms with Crippen molar-refractivity contribution >= 4 is 17.6 Å². The summed E-state index contributed by atoms with van der Waals surface area (Å²) < 4.78 is 7.71. The number of rotatable bonds is 6. The molecular weight excluding hydrogens is 400 g/mol. The van der Waals surface area contributed by atoms with Crippen LogP contribution in [0, 0.1) is 12.3 Å². The highest BCUT2D eigenvalue weighted by molar-refractivity contribution is 5.74. The van der Waals surface area contributed by atoms with E-state index in [9.17, 15) is 0 Å². The Morgan fingerprint density at radius 2 is 1.97 bits per heavy atom. The summed E-state index contributed by atoms with van der Waals surface area (Å²) in [6.07, 6.45) is 4.24. The van der Waals surface area contributed by atoms with Crippen molar-refractivity contribution in [3.8, 4) is 16.9 Å². The number of piperidine rings is 1. The van der Waals surface area contributed by atoms with E-state index in [1.165, 1.54) is 12.8 Å². The van der Waals surface area contributed by atoms with Crippen molar-refractivity contribution in [1.29, 1.82) is 0 Å². The van der Waals surface area contributed by atoms with Crippen molar-refractivity contribution in [2.75, 3.05) is 30.4 Å². The van der Waals surface area contributed by atoms with Gasteiger partial charge in [-0.2, -0.15) is 4.98 Å². The Morgan fingerprint density at radius 3 is 2.66 bits per heavy atom. The summed E-state index contributed by atoms with van der Waals surface area (Å²) >= 11 is 0. The number of hydrogen-bond acceptors (Lipinski definition) is 6. The first-order valence-corrected chi connectivity index (χ1v) is 11.4. The van der Waals surface area contributed by atoms with Crippen LogP contribution >= 0.6 is 0 Å². The molecule has 0 saturated carbocycles. The molecule has 1 saturated heterocycles. The lowest BCUT2D eigenvalue weighted by atomic mass is 9.84. The minimum absolute atomic E-state index is 0.227. The van der Waals surface area contributed by atoms with Gasteiger partial charge in [0.25, 0.3) is 0 Å². The largest absolute Gasteiger partial charge is 0.496 e. The molecule has 0 bridgehead atoms. The fourth-order valence-electron chi connectivity index (χ4n) is 4.37. The standard InChI is InChI=1S/C25H34N6O/c1-17(2)31-24(30-13-7-11-25(4,5)16-30)28-23(29-31)27-20-8-9-21(22(15-20)32-6)19-10-12-26-18(3)14-19/h8-10,12,14-15,17H,7,11,13,16H2,1-6H3,(H,27,29). The Kier molecular flexibility index (Phi) is 6.09. The van der Waals surface area contributed by atoms with Crippen molar-refractivity contribution in [1.82, 2.24) is 19.7 Å². The molecule has 4 rings (SSSR count). The number of nitrogens with zero attached hydrogens (tertiary/aromatic N) is 5. The highest BCUT2D eigenvalue weighted by atomic mass is 16.5. The normalized spacial score (nSPS) is 15.8. The number of ether oxygens (including phenoxy) is 1. The second kappa shape index (κ2) is 8.81. The van der Waals surface area contributed by atoms with Gasteiger partial charge in [-0.3, -0.25) is 4.98 Å². The van der Waals surface area contributed by atoms with Crippen LogP contribution in [0.2, 0.25) is 0 Å². The second-order valence-corrected chi connectivity index (χ2v) is 9.69. The van der Waals surface area contributed by atoms with Crippen LogP contribution in [0.25, 0.3) is 11.1 Å². The van der Waals surface area contributed by atoms with E-state index >= 15 is 0 Å². The second-order valence-electron chi connectivity index (χ2n) is 9.69. The third-order valence-corrected chi connectivity index (χ3v) is 5.95. The van der Waals surface area contributed by atoms with Gasteiger partial charge in [0.1, 0.15) is 5.75 Å². The van der Waals surface area contributed by atoms with Gasteiger partial charge < -0.3 is 15.0 Å². The quantitative estimate of drug-likeness (QED) is 0.544. The Balaban J connectivity index is 1.61. The summed E-state index contributed by atoms with van der Waals surface area (Å²) in [5, 5.41) is 8.16. The van der Waals surface area contributed by atoms with E-state index in [-0.39, 0.29) is 11.5 Å². The van der Waals surface area contributed by atoms with Crippen molar-refractivity contribution in [2.24, 2.45) is 5.41 Å². The van der Waals surface area contributed by atoms with E-state index in [0.717, 1.165) is 47.3 Å². The molecule has 1 aliphatic heterocycles. The third kappa shape index (κ3) is 4.71. The van der Waals surface area contributed by atoms with E-state index < -0.39 is 0 Å². The number of anilines is 3. The Morgan fingerprint density at radius 1 is 1.16 bits per heavy atom. The monoisotopic (exact) mass is 434 g/mol. The van der Waals surface area contributed by atoms with Gasteiger partial charge in [0.15, 0.2) is 0 Å². The van der Waals surface area contributed by atoms with Crippen molar-refractivity contribution in [3.05, 3.63) is 42.2 Å². The fraction of sp³-hybridized carbons (Fsp3) is 0.480. The summed E-state index contributed by atoms with van der Waals surface area (Å²) in [6, 6.07) is 10.4. The number of benzene rings is 1. The van der Waals surface area contributed by atoms with Gasteiger partial charge in [0.05, 0.1) is 13.2 Å². The predicted octanol–water partition coefficient (Wildman–Crippen LogP) is 5.61. The average molecular weight is 435 g/mol. The molecule has 1 aliphatic rings. The molecule has 32 heavy (non-hydrogen) atoms. The first kappa shape index (κ1) is 22.1. The van der Waals surface area contributed by atoms with Crippen LogP contribution in [-0.2, 0) is 0 Å². The number of aromatic nitrogens is 4. The maximum Gasteiger partial charge on any atom is 0.248 e. The zero-order valence-corrected chi connectivity index (χ0v) is 20.0. The topological polar surface area (TPSA) is 68.1 Å². The molecule has 0 spiro atoms. The molecule has 7 heteroatoms. The summed E-state index contributed by atoms with van der Waals surface area (Å²) in [7, 11) is 1.69. The van der Waals surface area contributed by atoms with Crippen molar-refractivity contribution < 1.29 is 4.74 Å². The van der Waals surface area contributed by atoms with Crippen LogP contribution in [-0.4, -0.2) is 39.9 Å². The molecule has 0 amide bonds. The zero-order chi connectivity index (χ0) is 22.9. The number of pyridine rings is 1. The molecule has 0 unspecified atom stereocenters. The van der Waals surface area contributed by atoms with Crippen LogP contribution in [0.1, 0.15) is 52.3 Å². The molecule has 1 fully saturated rings. The first-order chi connectivity index (χ1) is 15.3. The lowest BCUT2D eigenvalue weighted by Crippen LogP contribution is -2.41. The molecule has 1 aromatic carbocycles. The number of hydrogen-bond donors (Lipinski definition) is 1. The number of nitrogens with one attached hydrogen (secondary N) is 1. The van der Waals surface area contributed by atoms with Crippen LogP contribution < -0.4 is 15.0 Å². The minimum Gasteiger partial charge on any atom is -0.496 e. The van der Waals surface area contributed by atoms with Crippen LogP contribution in [0.15, 0.2) is 36.5 Å². The molecule has 170 valence electrons. The predicted molar refractivity (Wildman–Crippen MR) is 130 cm³/mol. The van der Waals surface area contributed by atoms with Gasteiger partial charge in [0, 0.05) is 42.3 Å². The van der Waals surface area contributed by atoms with E-state index in [1.54, 1.807) is 7.11 Å². The first-order valence-electron chi connectivity index (χ1n) is 11.4. The van der Waals surface area contributed by atoms with E-state index in [0.29, 0.717) is 5.95 Å². The van der Waals surface area contributed by atoms with E-state index in [2.05, 4.69) is 55.0 Å². The highest BCUT2D eigenvalue weighted by Gasteiger charge is 2.30. The molecule has 2 aromatic heterocycles. The molecule has 1 N–H and O–H groups in total. The molecule has 3 heterocycles. The van der Waals surface area contributed by atoms with E-state index in [1.807, 2.05) is 36.0 Å². The lowest BCUT2D eigenvalue weighted by Gasteiger charge is -2.38. The summed E-state index contributed by atoms with van der Waals surface area (Å²) in [4.78, 5) is 11.5. The Bertz CT molecular complexity index is 1090. The third-order valence-electron chi connectivity index (χ3n) is 5.95. The van der Waals surface area contributed by atoms with Gasteiger partial charge in [-0.05, 0) is 68.9 Å².